The predicted octanol–water partition coefficient (Wildman–Crippen LogP) is 2.42. The van der Waals surface area contributed by atoms with Crippen molar-refractivity contribution >= 4 is 5.71 Å². The monoisotopic (exact) mass is 243 g/mol. The van der Waals surface area contributed by atoms with Gasteiger partial charge in [0.2, 0.25) is 0 Å². The van der Waals surface area contributed by atoms with Crippen LogP contribution in [0.1, 0.15) is 31.4 Å². The molecule has 0 amide bonds. The van der Waals surface area contributed by atoms with Gasteiger partial charge in [-0.1, -0.05) is 30.3 Å². The van der Waals surface area contributed by atoms with Gasteiger partial charge in [-0.15, -0.1) is 0 Å². The summed E-state index contributed by atoms with van der Waals surface area (Å²) < 4.78 is 0. The van der Waals surface area contributed by atoms with Crippen LogP contribution in [-0.2, 0) is 0 Å². The van der Waals surface area contributed by atoms with Crippen LogP contribution in [0.4, 0.5) is 0 Å². The van der Waals surface area contributed by atoms with E-state index in [0.29, 0.717) is 12.0 Å². The van der Waals surface area contributed by atoms with Crippen molar-refractivity contribution < 1.29 is 0 Å². The maximum absolute atomic E-state index is 4.86. The van der Waals surface area contributed by atoms with E-state index in [4.69, 9.17) is 5.10 Å². The lowest BCUT2D eigenvalue weighted by molar-refractivity contribution is 0.209. The van der Waals surface area contributed by atoms with Gasteiger partial charge < -0.3 is 5.32 Å². The summed E-state index contributed by atoms with van der Waals surface area (Å²) in [5, 5.41) is 10.6. The summed E-state index contributed by atoms with van der Waals surface area (Å²) in [5.41, 5.74) is 2.81. The molecule has 0 saturated carbocycles. The maximum atomic E-state index is 4.86. The third-order valence-corrected chi connectivity index (χ3v) is 4.04. The average molecular weight is 243 g/mol. The number of nitrogens with one attached hydrogen (secondary N) is 1. The first kappa shape index (κ1) is 11.7. The highest BCUT2D eigenvalue weighted by molar-refractivity contribution is 5.89. The molecule has 2 aliphatic rings. The summed E-state index contributed by atoms with van der Waals surface area (Å²) >= 11 is 0. The standard InChI is InChI=1S/C15H21N3/c1-2-18-15(12-6-4-3-5-7-12)13-8-10-16-11-9-14(13)17-18/h3-7,13,15-16H,2,8-11H2,1H3. The molecule has 0 radical (unpaired) electrons. The fourth-order valence-corrected chi connectivity index (χ4v) is 3.17. The second-order valence-electron chi connectivity index (χ2n) is 5.10. The molecule has 2 aliphatic heterocycles. The Balaban J connectivity index is 1.92. The minimum atomic E-state index is 0.450. The molecule has 2 atom stereocenters. The molecule has 0 spiro atoms. The van der Waals surface area contributed by atoms with E-state index in [1.165, 1.54) is 17.7 Å². The van der Waals surface area contributed by atoms with Crippen molar-refractivity contribution in [3.8, 4) is 0 Å². The minimum absolute atomic E-state index is 0.450. The van der Waals surface area contributed by atoms with E-state index in [2.05, 4.69) is 47.6 Å². The smallest absolute Gasteiger partial charge is 0.0801 e. The van der Waals surface area contributed by atoms with Crippen molar-refractivity contribution in [2.75, 3.05) is 19.6 Å². The molecule has 96 valence electrons. The molecule has 2 unspecified atom stereocenters. The van der Waals surface area contributed by atoms with Crippen molar-refractivity contribution in [3.63, 3.8) is 0 Å². The maximum Gasteiger partial charge on any atom is 0.0801 e. The summed E-state index contributed by atoms with van der Waals surface area (Å²) in [6, 6.07) is 11.3. The predicted molar refractivity (Wildman–Crippen MR) is 74.6 cm³/mol. The molecule has 3 nitrogen and oxygen atoms in total. The van der Waals surface area contributed by atoms with Crippen molar-refractivity contribution in [3.05, 3.63) is 35.9 Å². The van der Waals surface area contributed by atoms with Crippen LogP contribution in [-0.4, -0.2) is 30.4 Å². The number of hydrazone groups is 1. The van der Waals surface area contributed by atoms with Gasteiger partial charge in [-0.2, -0.15) is 5.10 Å². The van der Waals surface area contributed by atoms with Crippen LogP contribution in [0, 0.1) is 5.92 Å². The zero-order valence-corrected chi connectivity index (χ0v) is 11.0. The topological polar surface area (TPSA) is 27.6 Å². The van der Waals surface area contributed by atoms with Crippen LogP contribution < -0.4 is 5.32 Å². The van der Waals surface area contributed by atoms with Gasteiger partial charge in [0.25, 0.3) is 0 Å². The Morgan fingerprint density at radius 1 is 1.28 bits per heavy atom. The minimum Gasteiger partial charge on any atom is -0.316 e. The first-order chi connectivity index (χ1) is 8.90. The van der Waals surface area contributed by atoms with Crippen molar-refractivity contribution in [2.45, 2.75) is 25.8 Å². The van der Waals surface area contributed by atoms with Gasteiger partial charge in [-0.25, -0.2) is 0 Å². The van der Waals surface area contributed by atoms with Gasteiger partial charge in [-0.05, 0) is 25.5 Å². The molecule has 0 aromatic heterocycles. The number of benzene rings is 1. The molecule has 0 aliphatic carbocycles. The van der Waals surface area contributed by atoms with Crippen molar-refractivity contribution in [1.82, 2.24) is 10.3 Å². The van der Waals surface area contributed by atoms with Gasteiger partial charge >= 0.3 is 0 Å². The molecular formula is C15H21N3. The fraction of sp³-hybridized carbons (Fsp3) is 0.533. The molecule has 3 heteroatoms. The van der Waals surface area contributed by atoms with Gasteiger partial charge in [0.1, 0.15) is 0 Å². The van der Waals surface area contributed by atoms with Crippen LogP contribution in [0.25, 0.3) is 0 Å². The number of hydrogen-bond donors (Lipinski definition) is 1. The summed E-state index contributed by atoms with van der Waals surface area (Å²) in [7, 11) is 0. The lowest BCUT2D eigenvalue weighted by Gasteiger charge is -2.27. The summed E-state index contributed by atoms with van der Waals surface area (Å²) in [6.45, 7) is 5.38. The van der Waals surface area contributed by atoms with E-state index < -0.39 is 0 Å². The quantitative estimate of drug-likeness (QED) is 0.864. The molecule has 0 bridgehead atoms. The molecule has 3 rings (SSSR count). The van der Waals surface area contributed by atoms with Crippen LogP contribution >= 0.6 is 0 Å². The van der Waals surface area contributed by atoms with Crippen LogP contribution in [0.3, 0.4) is 0 Å². The summed E-state index contributed by atoms with van der Waals surface area (Å²) in [5.74, 6) is 0.599. The van der Waals surface area contributed by atoms with E-state index in [1.807, 2.05) is 0 Å². The Hall–Kier alpha value is -1.35. The van der Waals surface area contributed by atoms with E-state index in [1.54, 1.807) is 0 Å². The van der Waals surface area contributed by atoms with E-state index in [9.17, 15) is 0 Å². The third kappa shape index (κ3) is 2.03. The second kappa shape index (κ2) is 5.11. The normalized spacial score (nSPS) is 27.6. The Bertz CT molecular complexity index is 427. The van der Waals surface area contributed by atoms with Crippen LogP contribution in [0.2, 0.25) is 0 Å². The van der Waals surface area contributed by atoms with Gasteiger partial charge in [0.05, 0.1) is 6.04 Å². The highest BCUT2D eigenvalue weighted by Gasteiger charge is 2.37. The van der Waals surface area contributed by atoms with Gasteiger partial charge in [0, 0.05) is 31.1 Å². The van der Waals surface area contributed by atoms with E-state index >= 15 is 0 Å². The Morgan fingerprint density at radius 3 is 2.89 bits per heavy atom. The lowest BCUT2D eigenvalue weighted by atomic mass is 9.87. The molecule has 18 heavy (non-hydrogen) atoms. The molecule has 1 N–H and O–H groups in total. The van der Waals surface area contributed by atoms with Crippen LogP contribution in [0.5, 0.6) is 0 Å². The zero-order valence-electron chi connectivity index (χ0n) is 11.0. The highest BCUT2D eigenvalue weighted by atomic mass is 15.5. The fourth-order valence-electron chi connectivity index (χ4n) is 3.17. The first-order valence-corrected chi connectivity index (χ1v) is 7.00. The third-order valence-electron chi connectivity index (χ3n) is 4.04. The molecule has 1 fully saturated rings. The molecule has 1 aromatic carbocycles. The number of fused-ring (bicyclic) bond motifs is 1. The number of nitrogens with zero attached hydrogens (tertiary/aromatic N) is 2. The van der Waals surface area contributed by atoms with Crippen molar-refractivity contribution in [2.24, 2.45) is 11.0 Å². The Kier molecular flexibility index (Phi) is 3.33. The SMILES string of the molecule is CCN1N=C2CCNCCC2C1c1ccccc1. The molecule has 2 heterocycles. The summed E-state index contributed by atoms with van der Waals surface area (Å²) in [6.07, 6.45) is 2.30. The molecule has 1 aromatic rings. The van der Waals surface area contributed by atoms with Crippen molar-refractivity contribution in [1.29, 1.82) is 0 Å². The first-order valence-electron chi connectivity index (χ1n) is 7.00. The molecule has 1 saturated heterocycles. The summed E-state index contributed by atoms with van der Waals surface area (Å²) in [4.78, 5) is 0. The molecular weight excluding hydrogens is 222 g/mol. The lowest BCUT2D eigenvalue weighted by Crippen LogP contribution is -2.26. The van der Waals surface area contributed by atoms with E-state index in [0.717, 1.165) is 26.1 Å². The van der Waals surface area contributed by atoms with E-state index in [-0.39, 0.29) is 0 Å². The van der Waals surface area contributed by atoms with Gasteiger partial charge in [0.15, 0.2) is 0 Å². The average Bonchev–Trinajstić information content (AvgIpc) is 2.62. The number of rotatable bonds is 2. The van der Waals surface area contributed by atoms with Crippen LogP contribution in [0.15, 0.2) is 35.4 Å². The van der Waals surface area contributed by atoms with Gasteiger partial charge in [-0.3, -0.25) is 5.01 Å². The second-order valence-corrected chi connectivity index (χ2v) is 5.10. The zero-order chi connectivity index (χ0) is 12.4. The largest absolute Gasteiger partial charge is 0.316 e. The highest BCUT2D eigenvalue weighted by Crippen LogP contribution is 2.38. The Morgan fingerprint density at radius 2 is 2.11 bits per heavy atom. The number of hydrogen-bond acceptors (Lipinski definition) is 3. The Labute approximate surface area is 109 Å².